The van der Waals surface area contributed by atoms with Gasteiger partial charge in [0.1, 0.15) is 22.9 Å². The molecule has 9 nitrogen and oxygen atoms in total. The molecule has 1 atom stereocenters. The van der Waals surface area contributed by atoms with Gasteiger partial charge in [-0.3, -0.25) is 4.79 Å². The van der Waals surface area contributed by atoms with Crippen LogP contribution in [0.2, 0.25) is 0 Å². The number of anilines is 2. The summed E-state index contributed by atoms with van der Waals surface area (Å²) in [5.41, 5.74) is 1.43. The molecule has 0 spiro atoms. The maximum Gasteiger partial charge on any atom is 0.255 e. The monoisotopic (exact) mass is 532 g/mol. The Kier molecular flexibility index (Phi) is 6.05. The first-order valence-corrected chi connectivity index (χ1v) is 13.0. The number of imidazole rings is 1. The Morgan fingerprint density at radius 3 is 2.64 bits per heavy atom. The number of pyridine rings is 1. The predicted molar refractivity (Wildman–Crippen MR) is 144 cm³/mol. The van der Waals surface area contributed by atoms with E-state index in [4.69, 9.17) is 0 Å². The van der Waals surface area contributed by atoms with Crippen LogP contribution in [0.1, 0.15) is 42.9 Å². The van der Waals surface area contributed by atoms with Crippen LogP contribution >= 0.6 is 0 Å². The fourth-order valence-electron chi connectivity index (χ4n) is 5.56. The Hall–Kier alpha value is -3.99. The molecule has 202 valence electrons. The molecule has 0 aliphatic carbocycles. The number of fused-ring (bicyclic) bond motifs is 3. The first-order valence-electron chi connectivity index (χ1n) is 13.0. The Labute approximate surface area is 224 Å². The zero-order valence-corrected chi connectivity index (χ0v) is 22.4. The number of hydrogen-bond donors (Lipinski definition) is 1. The molecule has 11 heteroatoms. The molecule has 3 aromatic heterocycles. The minimum atomic E-state index is -0.671. The molecule has 0 saturated carbocycles. The fourth-order valence-corrected chi connectivity index (χ4v) is 5.56. The van der Waals surface area contributed by atoms with Gasteiger partial charge in [-0.2, -0.15) is 0 Å². The smallest absolute Gasteiger partial charge is 0.255 e. The number of nitrogens with zero attached hydrogens (tertiary/aromatic N) is 7. The molecule has 39 heavy (non-hydrogen) atoms. The molecule has 2 aliphatic rings. The van der Waals surface area contributed by atoms with Gasteiger partial charge in [0.05, 0.1) is 17.3 Å². The topological polar surface area (TPSA) is 92.1 Å². The Bertz CT molecular complexity index is 1580. The fraction of sp³-hybridized carbons (Fsp3) is 0.393. The van der Waals surface area contributed by atoms with Crippen LogP contribution in [0.4, 0.5) is 20.5 Å². The SMILES string of the molecule is CN(C)C1CCN(C(=O)c2ccc(Nc3ncc(F)c(-c4cc(F)c5nc6n(c5c4)C(C)(C)CC6)n3)nc2)C1. The number of rotatable bonds is 5. The maximum atomic E-state index is 15.1. The standard InChI is InChI=1S/C28H30F2N8O/c1-28(2)9-7-23-34-25-19(29)11-17(12-21(25)38(23)28)24-20(30)14-32-27(35-24)33-22-6-5-16(13-31-22)26(39)37-10-8-18(15-37)36(3)4/h5-6,11-14,18H,7-10,15H2,1-4H3,(H,31,32,33,35). The molecule has 1 N–H and O–H groups in total. The minimum absolute atomic E-state index is 0.0315. The van der Waals surface area contributed by atoms with E-state index in [1.807, 2.05) is 23.6 Å². The minimum Gasteiger partial charge on any atom is -0.337 e. The predicted octanol–water partition coefficient (Wildman–Crippen LogP) is 4.37. The summed E-state index contributed by atoms with van der Waals surface area (Å²) in [5, 5.41) is 2.96. The van der Waals surface area contributed by atoms with Crippen molar-refractivity contribution in [2.75, 3.05) is 32.5 Å². The van der Waals surface area contributed by atoms with E-state index in [1.165, 1.54) is 12.3 Å². The number of aryl methyl sites for hydroxylation is 1. The molecular weight excluding hydrogens is 502 g/mol. The van der Waals surface area contributed by atoms with Crippen molar-refractivity contribution >= 4 is 28.7 Å². The Morgan fingerprint density at radius 2 is 1.92 bits per heavy atom. The molecule has 2 aliphatic heterocycles. The van der Waals surface area contributed by atoms with Gasteiger partial charge in [-0.15, -0.1) is 0 Å². The van der Waals surface area contributed by atoms with Crippen LogP contribution in [0.25, 0.3) is 22.3 Å². The zero-order chi connectivity index (χ0) is 27.5. The maximum absolute atomic E-state index is 15.1. The van der Waals surface area contributed by atoms with E-state index < -0.39 is 11.6 Å². The van der Waals surface area contributed by atoms with E-state index in [0.29, 0.717) is 41.6 Å². The number of hydrogen-bond acceptors (Lipinski definition) is 7. The largest absolute Gasteiger partial charge is 0.337 e. The number of benzene rings is 1. The van der Waals surface area contributed by atoms with E-state index in [-0.39, 0.29) is 28.6 Å². The molecule has 1 aromatic carbocycles. The Balaban J connectivity index is 1.25. The van der Waals surface area contributed by atoms with Gasteiger partial charge in [0.15, 0.2) is 11.6 Å². The molecular formula is C28H30F2N8O. The number of aromatic nitrogens is 5. The van der Waals surface area contributed by atoms with E-state index in [1.54, 1.807) is 18.2 Å². The van der Waals surface area contributed by atoms with Crippen molar-refractivity contribution in [3.05, 3.63) is 59.7 Å². The second-order valence-electron chi connectivity index (χ2n) is 11.1. The number of nitrogens with one attached hydrogen (secondary N) is 1. The number of likely N-dealkylation sites (tertiary alicyclic amines) is 1. The summed E-state index contributed by atoms with van der Waals surface area (Å²) in [7, 11) is 4.03. The molecule has 0 bridgehead atoms. The highest BCUT2D eigenvalue weighted by molar-refractivity contribution is 5.94. The van der Waals surface area contributed by atoms with Crippen LogP contribution in [-0.2, 0) is 12.0 Å². The summed E-state index contributed by atoms with van der Waals surface area (Å²) in [6.07, 6.45) is 5.15. The van der Waals surface area contributed by atoms with Gasteiger partial charge in [-0.05, 0) is 65.0 Å². The zero-order valence-electron chi connectivity index (χ0n) is 22.4. The van der Waals surface area contributed by atoms with Gasteiger partial charge >= 0.3 is 0 Å². The molecule has 0 radical (unpaired) electrons. The van der Waals surface area contributed by atoms with Gasteiger partial charge in [0, 0.05) is 42.9 Å². The van der Waals surface area contributed by atoms with Crippen molar-refractivity contribution in [2.24, 2.45) is 0 Å². The van der Waals surface area contributed by atoms with Crippen LogP contribution in [-0.4, -0.2) is 73.4 Å². The molecule has 5 heterocycles. The molecule has 4 aromatic rings. The molecule has 1 amide bonds. The molecule has 6 rings (SSSR count). The average Bonchev–Trinajstić information content (AvgIpc) is 3.61. The van der Waals surface area contributed by atoms with E-state index in [2.05, 4.69) is 44.0 Å². The second kappa shape index (κ2) is 9.33. The average molecular weight is 533 g/mol. The van der Waals surface area contributed by atoms with Crippen molar-refractivity contribution in [1.29, 1.82) is 0 Å². The summed E-state index contributed by atoms with van der Waals surface area (Å²) in [6.45, 7) is 5.56. The normalized spacial score (nSPS) is 18.2. The quantitative estimate of drug-likeness (QED) is 0.408. The van der Waals surface area contributed by atoms with Gasteiger partial charge in [0.25, 0.3) is 5.91 Å². The lowest BCUT2D eigenvalue weighted by Gasteiger charge is -2.22. The van der Waals surface area contributed by atoms with E-state index in [9.17, 15) is 9.18 Å². The number of carbonyl (C=O) groups excluding carboxylic acids is 1. The summed E-state index contributed by atoms with van der Waals surface area (Å²) >= 11 is 0. The van der Waals surface area contributed by atoms with Crippen LogP contribution in [0.3, 0.4) is 0 Å². The lowest BCUT2D eigenvalue weighted by Crippen LogP contribution is -2.34. The van der Waals surface area contributed by atoms with Crippen molar-refractivity contribution in [3.63, 3.8) is 0 Å². The summed E-state index contributed by atoms with van der Waals surface area (Å²) in [5.74, 6) is 0.0664. The summed E-state index contributed by atoms with van der Waals surface area (Å²) < 4.78 is 32.0. The van der Waals surface area contributed by atoms with Gasteiger partial charge in [-0.25, -0.2) is 28.7 Å². The molecule has 1 saturated heterocycles. The third-order valence-electron chi connectivity index (χ3n) is 7.80. The first kappa shape index (κ1) is 25.3. The summed E-state index contributed by atoms with van der Waals surface area (Å²) in [6, 6.07) is 6.68. The van der Waals surface area contributed by atoms with Gasteiger partial charge in [-0.1, -0.05) is 0 Å². The van der Waals surface area contributed by atoms with Crippen molar-refractivity contribution in [1.82, 2.24) is 34.3 Å². The number of likely N-dealkylation sites (N-methyl/N-ethyl adjacent to an activating group) is 1. The highest BCUT2D eigenvalue weighted by atomic mass is 19.1. The highest BCUT2D eigenvalue weighted by Crippen LogP contribution is 2.38. The van der Waals surface area contributed by atoms with Crippen molar-refractivity contribution in [2.45, 2.75) is 44.7 Å². The summed E-state index contributed by atoms with van der Waals surface area (Å²) in [4.78, 5) is 34.0. The van der Waals surface area contributed by atoms with Crippen molar-refractivity contribution in [3.8, 4) is 11.3 Å². The van der Waals surface area contributed by atoms with Gasteiger partial charge < -0.3 is 19.7 Å². The Morgan fingerprint density at radius 1 is 1.10 bits per heavy atom. The third kappa shape index (κ3) is 4.50. The van der Waals surface area contributed by atoms with Crippen LogP contribution in [0, 0.1) is 11.6 Å². The molecule has 1 fully saturated rings. The highest BCUT2D eigenvalue weighted by Gasteiger charge is 2.33. The lowest BCUT2D eigenvalue weighted by molar-refractivity contribution is 0.0782. The third-order valence-corrected chi connectivity index (χ3v) is 7.80. The van der Waals surface area contributed by atoms with Crippen molar-refractivity contribution < 1.29 is 13.6 Å². The van der Waals surface area contributed by atoms with Gasteiger partial charge in [0.2, 0.25) is 5.95 Å². The van der Waals surface area contributed by atoms with E-state index >= 15 is 4.39 Å². The molecule has 1 unspecified atom stereocenters. The van der Waals surface area contributed by atoms with Crippen LogP contribution < -0.4 is 5.32 Å². The number of halogens is 2. The number of amides is 1. The van der Waals surface area contributed by atoms with Crippen LogP contribution in [0.15, 0.2) is 36.7 Å². The van der Waals surface area contributed by atoms with Crippen LogP contribution in [0.5, 0.6) is 0 Å². The second-order valence-corrected chi connectivity index (χ2v) is 11.1. The van der Waals surface area contributed by atoms with E-state index in [0.717, 1.165) is 31.3 Å². The first-order chi connectivity index (χ1) is 18.6. The lowest BCUT2D eigenvalue weighted by atomic mass is 10.0. The number of carbonyl (C=O) groups is 1.